The van der Waals surface area contributed by atoms with Gasteiger partial charge in [-0.2, -0.15) is 0 Å². The Morgan fingerprint density at radius 3 is 2.81 bits per heavy atom. The van der Waals surface area contributed by atoms with Crippen LogP contribution in [0, 0.1) is 0 Å². The Hall–Kier alpha value is -1.75. The molecule has 5 heteroatoms. The number of nitrogens with two attached hydrogens (primary N) is 1. The molecular weight excluding hydrogens is 202 g/mol. The molecular formula is C11H15N5. The predicted octanol–water partition coefficient (Wildman–Crippen LogP) is 1.38. The summed E-state index contributed by atoms with van der Waals surface area (Å²) in [5.74, 6) is 0. The van der Waals surface area contributed by atoms with E-state index in [1.165, 1.54) is 0 Å². The third-order valence-corrected chi connectivity index (χ3v) is 2.38. The van der Waals surface area contributed by atoms with E-state index in [1.54, 1.807) is 12.4 Å². The Kier molecular flexibility index (Phi) is 2.96. The van der Waals surface area contributed by atoms with E-state index in [0.717, 1.165) is 17.0 Å². The zero-order valence-electron chi connectivity index (χ0n) is 9.46. The van der Waals surface area contributed by atoms with Crippen molar-refractivity contribution >= 4 is 0 Å². The molecule has 0 aromatic carbocycles. The highest BCUT2D eigenvalue weighted by atomic mass is 15.4. The van der Waals surface area contributed by atoms with Crippen LogP contribution in [0.1, 0.15) is 25.6 Å². The largest absolute Gasteiger partial charge is 0.325 e. The molecule has 0 atom stereocenters. The van der Waals surface area contributed by atoms with Crippen LogP contribution in [0.3, 0.4) is 0 Å². The first-order valence-electron chi connectivity index (χ1n) is 5.28. The maximum absolute atomic E-state index is 5.67. The quantitative estimate of drug-likeness (QED) is 0.843. The maximum atomic E-state index is 5.67. The van der Waals surface area contributed by atoms with Crippen LogP contribution in [-0.4, -0.2) is 20.0 Å². The summed E-state index contributed by atoms with van der Waals surface area (Å²) >= 11 is 0. The van der Waals surface area contributed by atoms with Crippen LogP contribution in [0.2, 0.25) is 0 Å². The highest BCUT2D eigenvalue weighted by Gasteiger charge is 2.15. The number of nitrogens with zero attached hydrogens (tertiary/aromatic N) is 4. The third kappa shape index (κ3) is 1.81. The normalized spacial score (nSPS) is 11.0. The molecule has 0 saturated carbocycles. The van der Waals surface area contributed by atoms with Crippen LogP contribution in [0.4, 0.5) is 0 Å². The average molecular weight is 217 g/mol. The molecule has 0 unspecified atom stereocenters. The van der Waals surface area contributed by atoms with Gasteiger partial charge in [-0.25, -0.2) is 4.68 Å². The fraction of sp³-hybridized carbons (Fsp3) is 0.364. The summed E-state index contributed by atoms with van der Waals surface area (Å²) in [6.45, 7) is 4.51. The highest BCUT2D eigenvalue weighted by Crippen LogP contribution is 2.23. The molecule has 84 valence electrons. The van der Waals surface area contributed by atoms with Gasteiger partial charge in [0.05, 0.1) is 5.69 Å². The van der Waals surface area contributed by atoms with E-state index < -0.39 is 0 Å². The van der Waals surface area contributed by atoms with E-state index in [9.17, 15) is 0 Å². The van der Waals surface area contributed by atoms with Crippen molar-refractivity contribution in [2.75, 3.05) is 0 Å². The third-order valence-electron chi connectivity index (χ3n) is 2.38. The monoisotopic (exact) mass is 217 g/mol. The van der Waals surface area contributed by atoms with Crippen molar-refractivity contribution < 1.29 is 0 Å². The van der Waals surface area contributed by atoms with Gasteiger partial charge in [-0.1, -0.05) is 5.21 Å². The zero-order chi connectivity index (χ0) is 11.5. The molecule has 0 aliphatic carbocycles. The highest BCUT2D eigenvalue weighted by molar-refractivity contribution is 5.60. The summed E-state index contributed by atoms with van der Waals surface area (Å²) in [6.07, 6.45) is 3.55. The second-order valence-electron chi connectivity index (χ2n) is 3.87. The van der Waals surface area contributed by atoms with Crippen molar-refractivity contribution in [2.45, 2.75) is 26.4 Å². The van der Waals surface area contributed by atoms with E-state index in [0.29, 0.717) is 6.54 Å². The van der Waals surface area contributed by atoms with Crippen molar-refractivity contribution in [3.63, 3.8) is 0 Å². The van der Waals surface area contributed by atoms with Crippen molar-refractivity contribution in [3.8, 4) is 11.3 Å². The number of aromatic nitrogens is 4. The molecule has 2 N–H and O–H groups in total. The van der Waals surface area contributed by atoms with E-state index >= 15 is 0 Å². The molecule has 2 heterocycles. The molecule has 0 aliphatic heterocycles. The standard InChI is InChI=1S/C11H15N5/c1-8(2)16-11(10(6-12)14-15-16)9-4-3-5-13-7-9/h3-5,7-8H,6,12H2,1-2H3. The van der Waals surface area contributed by atoms with Crippen LogP contribution in [0.5, 0.6) is 0 Å². The Morgan fingerprint density at radius 1 is 1.44 bits per heavy atom. The van der Waals surface area contributed by atoms with Crippen LogP contribution < -0.4 is 5.73 Å². The van der Waals surface area contributed by atoms with Crippen LogP contribution in [0.15, 0.2) is 24.5 Å². The summed E-state index contributed by atoms with van der Waals surface area (Å²) in [4.78, 5) is 4.11. The number of hydrogen-bond acceptors (Lipinski definition) is 4. The summed E-state index contributed by atoms with van der Waals surface area (Å²) < 4.78 is 1.87. The summed E-state index contributed by atoms with van der Waals surface area (Å²) in [6, 6.07) is 4.14. The first-order chi connectivity index (χ1) is 7.74. The molecule has 0 radical (unpaired) electrons. The lowest BCUT2D eigenvalue weighted by molar-refractivity contribution is 0.519. The van der Waals surface area contributed by atoms with Gasteiger partial charge in [0.2, 0.25) is 0 Å². The first-order valence-corrected chi connectivity index (χ1v) is 5.28. The molecule has 0 aliphatic rings. The topological polar surface area (TPSA) is 69.6 Å². The molecule has 0 amide bonds. The molecule has 0 bridgehead atoms. The smallest absolute Gasteiger partial charge is 0.104 e. The van der Waals surface area contributed by atoms with Gasteiger partial charge in [0.1, 0.15) is 5.69 Å². The summed E-state index contributed by atoms with van der Waals surface area (Å²) in [7, 11) is 0. The minimum Gasteiger partial charge on any atom is -0.325 e. The zero-order valence-corrected chi connectivity index (χ0v) is 9.46. The first kappa shape index (κ1) is 10.8. The van der Waals surface area contributed by atoms with E-state index in [4.69, 9.17) is 5.73 Å². The van der Waals surface area contributed by atoms with Gasteiger partial charge in [-0.15, -0.1) is 5.10 Å². The minimum absolute atomic E-state index is 0.253. The number of rotatable bonds is 3. The number of hydrogen-bond donors (Lipinski definition) is 1. The molecule has 2 aromatic rings. The Balaban J connectivity index is 2.57. The van der Waals surface area contributed by atoms with Gasteiger partial charge in [0, 0.05) is 30.5 Å². The second-order valence-corrected chi connectivity index (χ2v) is 3.87. The van der Waals surface area contributed by atoms with Gasteiger partial charge in [-0.05, 0) is 26.0 Å². The lowest BCUT2D eigenvalue weighted by Crippen LogP contribution is -2.06. The SMILES string of the molecule is CC(C)n1nnc(CN)c1-c1cccnc1. The Labute approximate surface area is 94.3 Å². The van der Waals surface area contributed by atoms with Crippen LogP contribution in [0.25, 0.3) is 11.3 Å². The second kappa shape index (κ2) is 4.40. The molecule has 0 fully saturated rings. The van der Waals surface area contributed by atoms with Gasteiger partial charge < -0.3 is 5.73 Å². The van der Waals surface area contributed by atoms with Gasteiger partial charge in [-0.3, -0.25) is 4.98 Å². The molecule has 0 saturated heterocycles. The maximum Gasteiger partial charge on any atom is 0.104 e. The van der Waals surface area contributed by atoms with Gasteiger partial charge in [0.25, 0.3) is 0 Å². The Morgan fingerprint density at radius 2 is 2.25 bits per heavy atom. The Bertz CT molecular complexity index is 460. The van der Waals surface area contributed by atoms with E-state index in [-0.39, 0.29) is 6.04 Å². The predicted molar refractivity (Wildman–Crippen MR) is 61.5 cm³/mol. The molecule has 2 rings (SSSR count). The summed E-state index contributed by atoms with van der Waals surface area (Å²) in [5.41, 5.74) is 8.44. The lowest BCUT2D eigenvalue weighted by atomic mass is 10.1. The fourth-order valence-electron chi connectivity index (χ4n) is 1.63. The minimum atomic E-state index is 0.253. The van der Waals surface area contributed by atoms with Gasteiger partial charge in [0.15, 0.2) is 0 Å². The van der Waals surface area contributed by atoms with Crippen molar-refractivity contribution in [3.05, 3.63) is 30.2 Å². The summed E-state index contributed by atoms with van der Waals surface area (Å²) in [5, 5.41) is 8.21. The van der Waals surface area contributed by atoms with E-state index in [1.807, 2.05) is 16.8 Å². The van der Waals surface area contributed by atoms with Crippen LogP contribution >= 0.6 is 0 Å². The molecule has 5 nitrogen and oxygen atoms in total. The molecule has 16 heavy (non-hydrogen) atoms. The fourth-order valence-corrected chi connectivity index (χ4v) is 1.63. The lowest BCUT2D eigenvalue weighted by Gasteiger charge is -2.10. The van der Waals surface area contributed by atoms with Crippen LogP contribution in [-0.2, 0) is 6.54 Å². The van der Waals surface area contributed by atoms with Crippen molar-refractivity contribution in [2.24, 2.45) is 5.73 Å². The van der Waals surface area contributed by atoms with E-state index in [2.05, 4.69) is 29.1 Å². The van der Waals surface area contributed by atoms with Crippen molar-refractivity contribution in [1.29, 1.82) is 0 Å². The molecule has 0 spiro atoms. The van der Waals surface area contributed by atoms with Gasteiger partial charge >= 0.3 is 0 Å². The average Bonchev–Trinajstić information content (AvgIpc) is 2.73. The molecule has 2 aromatic heterocycles. The number of pyridine rings is 1. The van der Waals surface area contributed by atoms with Crippen molar-refractivity contribution in [1.82, 2.24) is 20.0 Å².